The highest BCUT2D eigenvalue weighted by molar-refractivity contribution is 9.10. The van der Waals surface area contributed by atoms with Crippen LogP contribution in [0.5, 0.6) is 11.5 Å². The first-order valence-corrected chi connectivity index (χ1v) is 7.20. The summed E-state index contributed by atoms with van der Waals surface area (Å²) in [5.74, 6) is 1.48. The van der Waals surface area contributed by atoms with E-state index >= 15 is 0 Å². The maximum atomic E-state index is 5.55. The van der Waals surface area contributed by atoms with Crippen molar-refractivity contribution in [1.82, 2.24) is 5.32 Å². The summed E-state index contributed by atoms with van der Waals surface area (Å²) in [4.78, 5) is 0. The van der Waals surface area contributed by atoms with Crippen molar-refractivity contribution in [2.24, 2.45) is 0 Å². The van der Waals surface area contributed by atoms with Gasteiger partial charge < -0.3 is 19.5 Å². The van der Waals surface area contributed by atoms with Crippen LogP contribution < -0.4 is 14.8 Å². The third-order valence-corrected chi connectivity index (χ3v) is 4.22. The molecule has 106 valence electrons. The van der Waals surface area contributed by atoms with E-state index in [4.69, 9.17) is 14.2 Å². The number of nitrogens with one attached hydrogen (secondary N) is 1. The molecule has 1 aliphatic rings. The summed E-state index contributed by atoms with van der Waals surface area (Å²) >= 11 is 3.57. The molecular formula is C14H20BrNO3. The van der Waals surface area contributed by atoms with E-state index in [0.717, 1.165) is 41.1 Å². The van der Waals surface area contributed by atoms with Crippen LogP contribution >= 0.6 is 15.9 Å². The van der Waals surface area contributed by atoms with Gasteiger partial charge in [0.2, 0.25) is 0 Å². The quantitative estimate of drug-likeness (QED) is 0.901. The lowest BCUT2D eigenvalue weighted by Gasteiger charge is -2.17. The first-order valence-electron chi connectivity index (χ1n) is 6.41. The van der Waals surface area contributed by atoms with E-state index in [1.807, 2.05) is 12.1 Å². The number of ether oxygens (including phenoxy) is 3. The van der Waals surface area contributed by atoms with E-state index in [1.165, 1.54) is 0 Å². The zero-order valence-electron chi connectivity index (χ0n) is 11.5. The van der Waals surface area contributed by atoms with E-state index in [2.05, 4.69) is 28.2 Å². The lowest BCUT2D eigenvalue weighted by molar-refractivity contribution is 0.113. The van der Waals surface area contributed by atoms with Gasteiger partial charge in [-0.3, -0.25) is 0 Å². The molecule has 1 aromatic rings. The topological polar surface area (TPSA) is 39.7 Å². The first kappa shape index (κ1) is 14.6. The van der Waals surface area contributed by atoms with Crippen LogP contribution in [0.15, 0.2) is 16.6 Å². The van der Waals surface area contributed by atoms with Crippen LogP contribution in [0, 0.1) is 0 Å². The fourth-order valence-electron chi connectivity index (χ4n) is 2.27. The van der Waals surface area contributed by atoms with Crippen molar-refractivity contribution >= 4 is 15.9 Å². The van der Waals surface area contributed by atoms with Gasteiger partial charge in [-0.15, -0.1) is 0 Å². The molecule has 0 bridgehead atoms. The molecule has 1 saturated heterocycles. The molecule has 1 fully saturated rings. The SMILES string of the molecule is COc1cc(Br)c(CN[C@@H]2CCO[C@H]2C)cc1OC. The highest BCUT2D eigenvalue weighted by atomic mass is 79.9. The van der Waals surface area contributed by atoms with Gasteiger partial charge in [-0.05, 0) is 31.0 Å². The van der Waals surface area contributed by atoms with Gasteiger partial charge in [0.15, 0.2) is 11.5 Å². The van der Waals surface area contributed by atoms with Gasteiger partial charge in [-0.25, -0.2) is 0 Å². The molecule has 0 spiro atoms. The zero-order valence-corrected chi connectivity index (χ0v) is 13.1. The molecule has 1 aromatic carbocycles. The molecule has 1 aliphatic heterocycles. The molecule has 0 unspecified atom stereocenters. The maximum absolute atomic E-state index is 5.55. The molecule has 0 radical (unpaired) electrons. The summed E-state index contributed by atoms with van der Waals surface area (Å²) in [5.41, 5.74) is 1.15. The van der Waals surface area contributed by atoms with E-state index in [9.17, 15) is 0 Å². The lowest BCUT2D eigenvalue weighted by Crippen LogP contribution is -2.34. The van der Waals surface area contributed by atoms with Crippen LogP contribution in [-0.2, 0) is 11.3 Å². The molecule has 5 heteroatoms. The number of halogens is 1. The number of hydrogen-bond acceptors (Lipinski definition) is 4. The van der Waals surface area contributed by atoms with Crippen molar-refractivity contribution in [3.8, 4) is 11.5 Å². The Morgan fingerprint density at radius 3 is 2.58 bits per heavy atom. The van der Waals surface area contributed by atoms with Crippen molar-refractivity contribution in [2.75, 3.05) is 20.8 Å². The predicted octanol–water partition coefficient (Wildman–Crippen LogP) is 2.73. The monoisotopic (exact) mass is 329 g/mol. The molecule has 0 amide bonds. The molecule has 2 atom stereocenters. The van der Waals surface area contributed by atoms with E-state index in [0.29, 0.717) is 6.04 Å². The Bertz CT molecular complexity index is 439. The minimum Gasteiger partial charge on any atom is -0.493 e. The van der Waals surface area contributed by atoms with Gasteiger partial charge in [0.25, 0.3) is 0 Å². The van der Waals surface area contributed by atoms with Gasteiger partial charge >= 0.3 is 0 Å². The molecule has 2 rings (SSSR count). The summed E-state index contributed by atoms with van der Waals surface area (Å²) in [6.07, 6.45) is 1.34. The molecule has 1 N–H and O–H groups in total. The average Bonchev–Trinajstić information content (AvgIpc) is 2.82. The van der Waals surface area contributed by atoms with E-state index in [-0.39, 0.29) is 6.10 Å². The average molecular weight is 330 g/mol. The number of methoxy groups -OCH3 is 2. The van der Waals surface area contributed by atoms with Crippen molar-refractivity contribution < 1.29 is 14.2 Å². The van der Waals surface area contributed by atoms with Gasteiger partial charge in [-0.2, -0.15) is 0 Å². The minimum absolute atomic E-state index is 0.277. The minimum atomic E-state index is 0.277. The smallest absolute Gasteiger partial charge is 0.161 e. The van der Waals surface area contributed by atoms with Crippen molar-refractivity contribution in [2.45, 2.75) is 32.0 Å². The van der Waals surface area contributed by atoms with Gasteiger partial charge in [0, 0.05) is 23.7 Å². The number of benzene rings is 1. The predicted molar refractivity (Wildman–Crippen MR) is 77.9 cm³/mol. The summed E-state index contributed by atoms with van der Waals surface area (Å²) < 4.78 is 17.2. The normalized spacial score (nSPS) is 22.5. The van der Waals surface area contributed by atoms with Crippen LogP contribution in [0.4, 0.5) is 0 Å². The van der Waals surface area contributed by atoms with Crippen LogP contribution in [0.25, 0.3) is 0 Å². The van der Waals surface area contributed by atoms with E-state index < -0.39 is 0 Å². The Hall–Kier alpha value is -0.780. The lowest BCUT2D eigenvalue weighted by atomic mass is 10.1. The molecule has 0 aliphatic carbocycles. The molecule has 1 heterocycles. The van der Waals surface area contributed by atoms with Gasteiger partial charge in [0.05, 0.1) is 20.3 Å². The van der Waals surface area contributed by atoms with E-state index in [1.54, 1.807) is 14.2 Å². The maximum Gasteiger partial charge on any atom is 0.161 e. The van der Waals surface area contributed by atoms with Crippen LogP contribution in [0.1, 0.15) is 18.9 Å². The van der Waals surface area contributed by atoms with Crippen LogP contribution in [-0.4, -0.2) is 33.0 Å². The zero-order chi connectivity index (χ0) is 13.8. The Morgan fingerprint density at radius 1 is 1.32 bits per heavy atom. The summed E-state index contributed by atoms with van der Waals surface area (Å²) in [7, 11) is 3.29. The number of hydrogen-bond donors (Lipinski definition) is 1. The Morgan fingerprint density at radius 2 is 2.00 bits per heavy atom. The summed E-state index contributed by atoms with van der Waals surface area (Å²) in [6.45, 7) is 3.72. The Balaban J connectivity index is 2.07. The summed E-state index contributed by atoms with van der Waals surface area (Å²) in [5, 5.41) is 3.53. The van der Waals surface area contributed by atoms with Crippen LogP contribution in [0.3, 0.4) is 0 Å². The largest absolute Gasteiger partial charge is 0.493 e. The molecular weight excluding hydrogens is 310 g/mol. The number of rotatable bonds is 5. The van der Waals surface area contributed by atoms with Crippen molar-refractivity contribution in [3.63, 3.8) is 0 Å². The third kappa shape index (κ3) is 3.41. The third-order valence-electron chi connectivity index (χ3n) is 3.48. The van der Waals surface area contributed by atoms with Gasteiger partial charge in [0.1, 0.15) is 0 Å². The second-order valence-electron chi connectivity index (χ2n) is 4.65. The standard InChI is InChI=1S/C14H20BrNO3/c1-9-12(4-5-19-9)16-8-10-6-13(17-2)14(18-3)7-11(10)15/h6-7,9,12,16H,4-5,8H2,1-3H3/t9-,12+/m0/s1. The van der Waals surface area contributed by atoms with Crippen LogP contribution in [0.2, 0.25) is 0 Å². The second-order valence-corrected chi connectivity index (χ2v) is 5.50. The van der Waals surface area contributed by atoms with Crippen molar-refractivity contribution in [3.05, 3.63) is 22.2 Å². The Labute approximate surface area is 122 Å². The highest BCUT2D eigenvalue weighted by Crippen LogP contribution is 2.33. The molecule has 0 saturated carbocycles. The fourth-order valence-corrected chi connectivity index (χ4v) is 2.74. The highest BCUT2D eigenvalue weighted by Gasteiger charge is 2.23. The molecule has 19 heavy (non-hydrogen) atoms. The Kier molecular flexibility index (Phi) is 5.07. The van der Waals surface area contributed by atoms with Gasteiger partial charge in [-0.1, -0.05) is 15.9 Å². The second kappa shape index (κ2) is 6.59. The van der Waals surface area contributed by atoms with Crippen molar-refractivity contribution in [1.29, 1.82) is 0 Å². The molecule has 4 nitrogen and oxygen atoms in total. The fraction of sp³-hybridized carbons (Fsp3) is 0.571. The summed E-state index contributed by atoms with van der Waals surface area (Å²) in [6, 6.07) is 4.35. The first-order chi connectivity index (χ1) is 9.15. The molecule has 0 aromatic heterocycles.